The second-order valence-corrected chi connectivity index (χ2v) is 5.03. The van der Waals surface area contributed by atoms with Gasteiger partial charge in [0.2, 0.25) is 0 Å². The molecule has 2 fully saturated rings. The van der Waals surface area contributed by atoms with Crippen LogP contribution in [-0.2, 0) is 0 Å². The van der Waals surface area contributed by atoms with Gasteiger partial charge in [0.1, 0.15) is 0 Å². The average molecular weight is 178 g/mol. The molecule has 2 aliphatic carbocycles. The third-order valence-corrected chi connectivity index (χ3v) is 4.15. The Hall–Kier alpha value is -0.260. The minimum absolute atomic E-state index is 0.924. The van der Waals surface area contributed by atoms with Crippen molar-refractivity contribution in [3.8, 4) is 0 Å². The van der Waals surface area contributed by atoms with Crippen LogP contribution in [0.3, 0.4) is 0 Å². The molecule has 0 saturated heterocycles. The van der Waals surface area contributed by atoms with E-state index < -0.39 is 0 Å². The maximum Gasteiger partial charge on any atom is -0.0177 e. The van der Waals surface area contributed by atoms with Crippen LogP contribution in [0.15, 0.2) is 12.2 Å². The summed E-state index contributed by atoms with van der Waals surface area (Å²) in [6.45, 7) is 6.53. The van der Waals surface area contributed by atoms with Crippen LogP contribution in [0.25, 0.3) is 0 Å². The molecule has 3 atom stereocenters. The third-order valence-electron chi connectivity index (χ3n) is 4.15. The fourth-order valence-corrected chi connectivity index (χ4v) is 3.44. The molecule has 0 aromatic rings. The van der Waals surface area contributed by atoms with E-state index in [1.807, 2.05) is 0 Å². The summed E-state index contributed by atoms with van der Waals surface area (Å²) in [5, 5.41) is 0. The van der Waals surface area contributed by atoms with E-state index in [4.69, 9.17) is 0 Å². The van der Waals surface area contributed by atoms with Gasteiger partial charge in [-0.15, -0.1) is 0 Å². The smallest absolute Gasteiger partial charge is 0.0177 e. The second-order valence-electron chi connectivity index (χ2n) is 5.03. The normalized spacial score (nSPS) is 39.2. The SMILES string of the molecule is C=C1CCC2CC(CCC)CCC12. The molecule has 13 heavy (non-hydrogen) atoms. The van der Waals surface area contributed by atoms with Crippen LogP contribution in [0.4, 0.5) is 0 Å². The van der Waals surface area contributed by atoms with Crippen LogP contribution in [-0.4, -0.2) is 0 Å². The van der Waals surface area contributed by atoms with Crippen molar-refractivity contribution >= 4 is 0 Å². The Kier molecular flexibility index (Phi) is 2.76. The summed E-state index contributed by atoms with van der Waals surface area (Å²) in [6.07, 6.45) is 10.1. The van der Waals surface area contributed by atoms with Gasteiger partial charge < -0.3 is 0 Å². The highest BCUT2D eigenvalue weighted by molar-refractivity contribution is 5.10. The zero-order valence-electron chi connectivity index (χ0n) is 8.89. The quantitative estimate of drug-likeness (QED) is 0.557. The lowest BCUT2D eigenvalue weighted by atomic mass is 9.74. The lowest BCUT2D eigenvalue weighted by Crippen LogP contribution is -2.21. The molecule has 0 aliphatic heterocycles. The number of hydrogen-bond acceptors (Lipinski definition) is 0. The number of fused-ring (bicyclic) bond motifs is 1. The van der Waals surface area contributed by atoms with Gasteiger partial charge >= 0.3 is 0 Å². The Morgan fingerprint density at radius 2 is 2.15 bits per heavy atom. The molecule has 0 heteroatoms. The fourth-order valence-electron chi connectivity index (χ4n) is 3.44. The minimum Gasteiger partial charge on any atom is -0.0996 e. The summed E-state index contributed by atoms with van der Waals surface area (Å²) in [5.74, 6) is 3.00. The molecule has 0 aromatic heterocycles. The summed E-state index contributed by atoms with van der Waals surface area (Å²) in [7, 11) is 0. The van der Waals surface area contributed by atoms with Gasteiger partial charge in [-0.3, -0.25) is 0 Å². The molecule has 0 aromatic carbocycles. The molecule has 2 aliphatic rings. The lowest BCUT2D eigenvalue weighted by Gasteiger charge is -2.32. The summed E-state index contributed by atoms with van der Waals surface area (Å²) >= 11 is 0. The van der Waals surface area contributed by atoms with E-state index in [0.29, 0.717) is 0 Å². The van der Waals surface area contributed by atoms with Gasteiger partial charge in [0.05, 0.1) is 0 Å². The van der Waals surface area contributed by atoms with Crippen molar-refractivity contribution in [2.45, 2.75) is 51.9 Å². The first-order valence-electron chi connectivity index (χ1n) is 5.99. The Morgan fingerprint density at radius 3 is 2.92 bits per heavy atom. The first kappa shape index (κ1) is 9.30. The molecule has 0 radical (unpaired) electrons. The molecule has 0 heterocycles. The molecule has 0 bridgehead atoms. The predicted octanol–water partition coefficient (Wildman–Crippen LogP) is 4.17. The van der Waals surface area contributed by atoms with Gasteiger partial charge in [0.25, 0.3) is 0 Å². The van der Waals surface area contributed by atoms with Crippen molar-refractivity contribution in [3.05, 3.63) is 12.2 Å². The van der Waals surface area contributed by atoms with Crippen LogP contribution in [0.1, 0.15) is 51.9 Å². The number of rotatable bonds is 2. The molecule has 2 saturated carbocycles. The van der Waals surface area contributed by atoms with E-state index in [1.54, 1.807) is 5.57 Å². The standard InChI is InChI=1S/C13H22/c1-3-4-11-6-8-13-10(2)5-7-12(13)9-11/h11-13H,2-9H2,1H3. The summed E-state index contributed by atoms with van der Waals surface area (Å²) in [5.41, 5.74) is 1.57. The van der Waals surface area contributed by atoms with E-state index in [9.17, 15) is 0 Å². The first-order valence-corrected chi connectivity index (χ1v) is 5.99. The van der Waals surface area contributed by atoms with Crippen molar-refractivity contribution in [3.63, 3.8) is 0 Å². The summed E-state index contributed by atoms with van der Waals surface area (Å²) in [6, 6.07) is 0. The monoisotopic (exact) mass is 178 g/mol. The van der Waals surface area contributed by atoms with E-state index in [1.165, 1.54) is 44.9 Å². The van der Waals surface area contributed by atoms with Crippen molar-refractivity contribution in [2.75, 3.05) is 0 Å². The van der Waals surface area contributed by atoms with E-state index in [2.05, 4.69) is 13.5 Å². The van der Waals surface area contributed by atoms with Gasteiger partial charge in [-0.25, -0.2) is 0 Å². The van der Waals surface area contributed by atoms with Gasteiger partial charge in [-0.05, 0) is 49.9 Å². The highest BCUT2D eigenvalue weighted by atomic mass is 14.4. The molecule has 0 spiro atoms. The number of allylic oxidation sites excluding steroid dienone is 1. The molecule has 0 nitrogen and oxygen atoms in total. The Balaban J connectivity index is 1.91. The topological polar surface area (TPSA) is 0 Å². The van der Waals surface area contributed by atoms with Crippen LogP contribution in [0.2, 0.25) is 0 Å². The van der Waals surface area contributed by atoms with Gasteiger partial charge in [-0.2, -0.15) is 0 Å². The zero-order chi connectivity index (χ0) is 9.26. The molecule has 74 valence electrons. The first-order chi connectivity index (χ1) is 6.31. The van der Waals surface area contributed by atoms with Crippen LogP contribution in [0.5, 0.6) is 0 Å². The largest absolute Gasteiger partial charge is 0.0996 e. The molecule has 0 N–H and O–H groups in total. The number of hydrogen-bond donors (Lipinski definition) is 0. The van der Waals surface area contributed by atoms with E-state index in [0.717, 1.165) is 17.8 Å². The van der Waals surface area contributed by atoms with Crippen molar-refractivity contribution in [2.24, 2.45) is 17.8 Å². The van der Waals surface area contributed by atoms with Gasteiger partial charge in [-0.1, -0.05) is 31.9 Å². The molecule has 3 unspecified atom stereocenters. The van der Waals surface area contributed by atoms with E-state index >= 15 is 0 Å². The van der Waals surface area contributed by atoms with Crippen molar-refractivity contribution < 1.29 is 0 Å². The molecule has 0 amide bonds. The van der Waals surface area contributed by atoms with Crippen LogP contribution >= 0.6 is 0 Å². The average Bonchev–Trinajstić information content (AvgIpc) is 2.48. The highest BCUT2D eigenvalue weighted by Crippen LogP contribution is 2.47. The summed E-state index contributed by atoms with van der Waals surface area (Å²) in [4.78, 5) is 0. The predicted molar refractivity (Wildman–Crippen MR) is 57.6 cm³/mol. The minimum atomic E-state index is 0.924. The van der Waals surface area contributed by atoms with Crippen molar-refractivity contribution in [1.82, 2.24) is 0 Å². The summed E-state index contributed by atoms with van der Waals surface area (Å²) < 4.78 is 0. The zero-order valence-corrected chi connectivity index (χ0v) is 8.89. The maximum atomic E-state index is 4.21. The van der Waals surface area contributed by atoms with Gasteiger partial charge in [0, 0.05) is 0 Å². The maximum absolute atomic E-state index is 4.21. The van der Waals surface area contributed by atoms with Crippen molar-refractivity contribution in [1.29, 1.82) is 0 Å². The van der Waals surface area contributed by atoms with Crippen LogP contribution < -0.4 is 0 Å². The second kappa shape index (κ2) is 3.86. The highest BCUT2D eigenvalue weighted by Gasteiger charge is 2.35. The molecular formula is C13H22. The van der Waals surface area contributed by atoms with Crippen LogP contribution in [0, 0.1) is 17.8 Å². The lowest BCUT2D eigenvalue weighted by molar-refractivity contribution is 0.216. The third kappa shape index (κ3) is 1.82. The molecular weight excluding hydrogens is 156 g/mol. The Labute approximate surface area is 82.4 Å². The fraction of sp³-hybridized carbons (Fsp3) is 0.846. The van der Waals surface area contributed by atoms with E-state index in [-0.39, 0.29) is 0 Å². The Bertz CT molecular complexity index is 192. The molecule has 2 rings (SSSR count). The van der Waals surface area contributed by atoms with Gasteiger partial charge in [0.15, 0.2) is 0 Å². The Morgan fingerprint density at radius 1 is 1.31 bits per heavy atom.